The van der Waals surface area contributed by atoms with Gasteiger partial charge in [0, 0.05) is 12.0 Å². The number of rotatable bonds is 4. The summed E-state index contributed by atoms with van der Waals surface area (Å²) in [7, 11) is 1.48. The molecule has 0 bridgehead atoms. The Morgan fingerprint density at radius 2 is 2.42 bits per heavy atom. The van der Waals surface area contributed by atoms with Crippen LogP contribution in [0, 0.1) is 0 Å². The molecule has 0 aromatic rings. The molecule has 1 amide bonds. The highest BCUT2D eigenvalue weighted by atomic mass is 16.2. The van der Waals surface area contributed by atoms with E-state index in [-0.39, 0.29) is 12.5 Å². The van der Waals surface area contributed by atoms with E-state index in [1.54, 1.807) is 6.92 Å². The van der Waals surface area contributed by atoms with Crippen molar-refractivity contribution in [1.29, 1.82) is 0 Å². The van der Waals surface area contributed by atoms with Gasteiger partial charge in [-0.3, -0.25) is 4.79 Å². The minimum Gasteiger partial charge on any atom is -0.336 e. The van der Waals surface area contributed by atoms with Crippen LogP contribution in [0.25, 0.3) is 10.4 Å². The number of hydrogen-bond acceptors (Lipinski definition) is 3. The lowest BCUT2D eigenvalue weighted by molar-refractivity contribution is -0.132. The summed E-state index contributed by atoms with van der Waals surface area (Å²) in [5.41, 5.74) is 7.91. The van der Waals surface area contributed by atoms with Gasteiger partial charge in [-0.05, 0) is 12.5 Å². The Hall–Kier alpha value is -1.55. The molecule has 0 unspecified atom stereocenters. The van der Waals surface area contributed by atoms with Crippen LogP contribution >= 0.6 is 0 Å². The topological polar surface area (TPSA) is 86.1 Å². The Labute approximate surface area is 69.8 Å². The Bertz CT molecular complexity index is 222. The number of aldehydes is 1. The van der Waals surface area contributed by atoms with Crippen LogP contribution in [0.1, 0.15) is 6.92 Å². The van der Waals surface area contributed by atoms with E-state index < -0.39 is 6.04 Å². The normalized spacial score (nSPS) is 11.2. The number of hydrogen-bond donors (Lipinski definition) is 0. The van der Waals surface area contributed by atoms with E-state index in [1.165, 1.54) is 11.9 Å². The van der Waals surface area contributed by atoms with E-state index in [4.69, 9.17) is 5.53 Å². The van der Waals surface area contributed by atoms with Crippen LogP contribution in [0.4, 0.5) is 0 Å². The molecular weight excluding hydrogens is 160 g/mol. The zero-order valence-electron chi connectivity index (χ0n) is 6.97. The van der Waals surface area contributed by atoms with Crippen LogP contribution in [0.5, 0.6) is 0 Å². The molecular formula is C6H10N4O2. The van der Waals surface area contributed by atoms with Gasteiger partial charge in [-0.25, -0.2) is 0 Å². The van der Waals surface area contributed by atoms with Crippen LogP contribution in [-0.2, 0) is 9.59 Å². The van der Waals surface area contributed by atoms with Crippen LogP contribution < -0.4 is 0 Å². The smallest absolute Gasteiger partial charge is 0.228 e. The van der Waals surface area contributed by atoms with Crippen molar-refractivity contribution in [2.24, 2.45) is 5.11 Å². The second kappa shape index (κ2) is 5.15. The molecule has 0 radical (unpaired) electrons. The Morgan fingerprint density at radius 1 is 1.83 bits per heavy atom. The summed E-state index contributed by atoms with van der Waals surface area (Å²) in [4.78, 5) is 24.9. The summed E-state index contributed by atoms with van der Waals surface area (Å²) in [5, 5.41) is 3.08. The lowest BCUT2D eigenvalue weighted by Gasteiger charge is -2.18. The van der Waals surface area contributed by atoms with Crippen molar-refractivity contribution in [3.05, 3.63) is 10.4 Å². The zero-order chi connectivity index (χ0) is 9.56. The third kappa shape index (κ3) is 3.03. The van der Waals surface area contributed by atoms with Gasteiger partial charge in [0.1, 0.15) is 12.8 Å². The molecule has 0 saturated carbocycles. The molecule has 6 heteroatoms. The van der Waals surface area contributed by atoms with Gasteiger partial charge in [-0.2, -0.15) is 0 Å². The fourth-order valence-corrected chi connectivity index (χ4v) is 0.522. The van der Waals surface area contributed by atoms with Crippen LogP contribution in [-0.4, -0.2) is 36.7 Å². The summed E-state index contributed by atoms with van der Waals surface area (Å²) >= 11 is 0. The highest BCUT2D eigenvalue weighted by molar-refractivity contribution is 5.81. The average molecular weight is 170 g/mol. The maximum Gasteiger partial charge on any atom is 0.228 e. The maximum absolute atomic E-state index is 11.0. The predicted molar refractivity (Wildman–Crippen MR) is 42.3 cm³/mol. The lowest BCUT2D eigenvalue weighted by Crippen LogP contribution is -2.37. The minimum absolute atomic E-state index is 0.245. The number of carbonyl (C=O) groups is 2. The van der Waals surface area contributed by atoms with Gasteiger partial charge in [-0.1, -0.05) is 5.11 Å². The minimum atomic E-state index is -0.480. The van der Waals surface area contributed by atoms with Gasteiger partial charge < -0.3 is 9.69 Å². The van der Waals surface area contributed by atoms with E-state index in [0.29, 0.717) is 6.29 Å². The first-order valence-electron chi connectivity index (χ1n) is 3.35. The first kappa shape index (κ1) is 10.4. The first-order chi connectivity index (χ1) is 5.63. The molecule has 0 aliphatic carbocycles. The fraction of sp³-hybridized carbons (Fsp3) is 0.667. The SMILES string of the molecule is C[C@@H](C=O)N(C)C(=O)CN=[N+]=[N-]. The largest absolute Gasteiger partial charge is 0.336 e. The van der Waals surface area contributed by atoms with Crippen molar-refractivity contribution in [2.45, 2.75) is 13.0 Å². The zero-order valence-corrected chi connectivity index (χ0v) is 6.97. The average Bonchev–Trinajstić information content (AvgIpc) is 2.11. The molecule has 0 N–H and O–H groups in total. The molecule has 0 aromatic heterocycles. The highest BCUT2D eigenvalue weighted by Gasteiger charge is 2.12. The van der Waals surface area contributed by atoms with Crippen molar-refractivity contribution in [2.75, 3.05) is 13.6 Å². The molecule has 0 rings (SSSR count). The first-order valence-corrected chi connectivity index (χ1v) is 3.35. The van der Waals surface area contributed by atoms with E-state index in [9.17, 15) is 9.59 Å². The Kier molecular flexibility index (Phi) is 4.48. The molecule has 1 atom stereocenters. The molecule has 66 valence electrons. The van der Waals surface area contributed by atoms with Crippen LogP contribution in [0.15, 0.2) is 5.11 Å². The molecule has 0 fully saturated rings. The molecule has 0 spiro atoms. The van der Waals surface area contributed by atoms with Gasteiger partial charge in [0.15, 0.2) is 0 Å². The van der Waals surface area contributed by atoms with Gasteiger partial charge in [0.05, 0.1) is 6.04 Å². The third-order valence-corrected chi connectivity index (χ3v) is 1.47. The van der Waals surface area contributed by atoms with Crippen molar-refractivity contribution in [1.82, 2.24) is 4.90 Å². The molecule has 0 aliphatic heterocycles. The van der Waals surface area contributed by atoms with Crippen molar-refractivity contribution < 1.29 is 9.59 Å². The van der Waals surface area contributed by atoms with Crippen molar-refractivity contribution in [3.8, 4) is 0 Å². The van der Waals surface area contributed by atoms with Gasteiger partial charge >= 0.3 is 0 Å². The molecule has 0 heterocycles. The lowest BCUT2D eigenvalue weighted by atomic mass is 10.3. The van der Waals surface area contributed by atoms with E-state index in [1.807, 2.05) is 0 Å². The summed E-state index contributed by atoms with van der Waals surface area (Å²) in [6.07, 6.45) is 0.647. The molecule has 6 nitrogen and oxygen atoms in total. The van der Waals surface area contributed by atoms with E-state index in [0.717, 1.165) is 0 Å². The molecule has 0 aliphatic rings. The second-order valence-electron chi connectivity index (χ2n) is 2.27. The summed E-state index contributed by atoms with van der Waals surface area (Å²) in [6.45, 7) is 1.34. The number of nitrogens with zero attached hydrogens (tertiary/aromatic N) is 4. The van der Waals surface area contributed by atoms with E-state index >= 15 is 0 Å². The summed E-state index contributed by atoms with van der Waals surface area (Å²) in [5.74, 6) is -0.368. The fourth-order valence-electron chi connectivity index (χ4n) is 0.522. The maximum atomic E-state index is 11.0. The van der Waals surface area contributed by atoms with Crippen LogP contribution in [0.2, 0.25) is 0 Å². The Balaban J connectivity index is 4.08. The number of carbonyl (C=O) groups excluding carboxylic acids is 2. The van der Waals surface area contributed by atoms with Crippen LogP contribution in [0.3, 0.4) is 0 Å². The van der Waals surface area contributed by atoms with E-state index in [2.05, 4.69) is 10.0 Å². The summed E-state index contributed by atoms with van der Waals surface area (Å²) < 4.78 is 0. The monoisotopic (exact) mass is 170 g/mol. The standard InChI is InChI=1S/C6H10N4O2/c1-5(4-11)10(2)6(12)3-8-9-7/h4-5H,3H2,1-2H3/t5-/m0/s1. The van der Waals surface area contributed by atoms with Crippen molar-refractivity contribution in [3.63, 3.8) is 0 Å². The predicted octanol–water partition coefficient (Wildman–Crippen LogP) is 0.342. The molecule has 0 aromatic carbocycles. The van der Waals surface area contributed by atoms with Gasteiger partial charge in [0.25, 0.3) is 0 Å². The number of amides is 1. The van der Waals surface area contributed by atoms with Gasteiger partial charge in [0.2, 0.25) is 5.91 Å². The molecule has 12 heavy (non-hydrogen) atoms. The Morgan fingerprint density at radius 3 is 2.83 bits per heavy atom. The number of azide groups is 1. The highest BCUT2D eigenvalue weighted by Crippen LogP contribution is 1.92. The second-order valence-corrected chi connectivity index (χ2v) is 2.27. The van der Waals surface area contributed by atoms with Crippen molar-refractivity contribution >= 4 is 12.2 Å². The quantitative estimate of drug-likeness (QED) is 0.263. The molecule has 0 saturated heterocycles. The third-order valence-electron chi connectivity index (χ3n) is 1.47. The van der Waals surface area contributed by atoms with Gasteiger partial charge in [-0.15, -0.1) is 0 Å². The summed E-state index contributed by atoms with van der Waals surface area (Å²) in [6, 6.07) is -0.480. The number of likely N-dealkylation sites (N-methyl/N-ethyl adjacent to an activating group) is 1.